The highest BCUT2D eigenvalue weighted by Gasteiger charge is 2.30. The highest BCUT2D eigenvalue weighted by molar-refractivity contribution is 7.44. The fraction of sp³-hybridized carbons (Fsp3) is 0.750. The molecule has 0 radical (unpaired) electrons. The molecule has 144 valence electrons. The highest BCUT2D eigenvalue weighted by Crippen LogP contribution is 2.46. The SMILES string of the molecule is [2H]OC[C@H](CNC(=O)OCC=C)OP(OCC[N+]#[C-])N(C(C)C)C(C)C. The van der Waals surface area contributed by atoms with Crippen molar-refractivity contribution in [3.05, 3.63) is 24.1 Å². The van der Waals surface area contributed by atoms with E-state index in [0.29, 0.717) is 0 Å². The van der Waals surface area contributed by atoms with Crippen LogP contribution in [0.1, 0.15) is 27.7 Å². The number of aliphatic hydroxyl groups excluding tert-OH is 1. The first-order valence-corrected chi connectivity index (χ1v) is 9.31. The summed E-state index contributed by atoms with van der Waals surface area (Å²) in [5.74, 6) is 0. The number of ether oxygens (including phenoxy) is 1. The van der Waals surface area contributed by atoms with E-state index in [2.05, 4.69) is 26.5 Å². The summed E-state index contributed by atoms with van der Waals surface area (Å²) in [6.07, 6.45) is 0.266. The first-order valence-electron chi connectivity index (χ1n) is 8.59. The maximum absolute atomic E-state index is 11.6. The molecule has 9 heteroatoms. The molecule has 0 spiro atoms. The third-order valence-electron chi connectivity index (χ3n) is 2.88. The van der Waals surface area contributed by atoms with E-state index in [0.717, 1.165) is 0 Å². The number of alkyl carbamates (subject to hydrolysis) is 1. The first kappa shape index (κ1) is 21.8. The lowest BCUT2D eigenvalue weighted by molar-refractivity contribution is 0.0827. The van der Waals surface area contributed by atoms with Gasteiger partial charge in [-0.3, -0.25) is 0 Å². The quantitative estimate of drug-likeness (QED) is 0.210. The predicted octanol–water partition coefficient (Wildman–Crippen LogP) is 2.56. The smallest absolute Gasteiger partial charge is 0.407 e. The van der Waals surface area contributed by atoms with Crippen molar-refractivity contribution in [2.75, 3.05) is 32.9 Å². The standard InChI is InChI=1S/C16H30N3O5P/c1-7-9-22-16(21)18-11-15(12-20)24-25(23-10-8-17-6)19(13(2)3)14(4)5/h7,13-15,20H,1,8-12H2,2-5H3,(H,18,21)/t15-,25?/m0/s1/i20D. The summed E-state index contributed by atoms with van der Waals surface area (Å²) >= 11 is 0. The van der Waals surface area contributed by atoms with Crippen LogP contribution in [0.4, 0.5) is 4.79 Å². The van der Waals surface area contributed by atoms with Gasteiger partial charge < -0.3 is 29.1 Å². The van der Waals surface area contributed by atoms with Crippen molar-refractivity contribution in [3.63, 3.8) is 0 Å². The minimum Gasteiger partial charge on any atom is -0.445 e. The Morgan fingerprint density at radius 3 is 2.68 bits per heavy atom. The van der Waals surface area contributed by atoms with E-state index < -0.39 is 20.7 Å². The van der Waals surface area contributed by atoms with Crippen LogP contribution in [0.5, 0.6) is 0 Å². The van der Waals surface area contributed by atoms with E-state index >= 15 is 0 Å². The van der Waals surface area contributed by atoms with Gasteiger partial charge in [-0.1, -0.05) is 12.7 Å². The van der Waals surface area contributed by atoms with Gasteiger partial charge in [0.2, 0.25) is 7.98 Å². The van der Waals surface area contributed by atoms with Crippen molar-refractivity contribution in [3.8, 4) is 0 Å². The molecule has 25 heavy (non-hydrogen) atoms. The van der Waals surface area contributed by atoms with Crippen LogP contribution in [0.2, 0.25) is 0 Å². The molecule has 1 unspecified atom stereocenters. The second kappa shape index (κ2) is 14.0. The second-order valence-corrected chi connectivity index (χ2v) is 7.09. The van der Waals surface area contributed by atoms with Crippen LogP contribution < -0.4 is 5.32 Å². The molecule has 0 saturated heterocycles. The zero-order chi connectivity index (χ0) is 19.9. The summed E-state index contributed by atoms with van der Waals surface area (Å²) < 4.78 is 25.7. The maximum atomic E-state index is 11.6. The Balaban J connectivity index is 4.96. The molecular weight excluding hydrogens is 345 g/mol. The van der Waals surface area contributed by atoms with Crippen LogP contribution in [0.25, 0.3) is 4.85 Å². The summed E-state index contributed by atoms with van der Waals surface area (Å²) in [7, 11) is -1.49. The summed E-state index contributed by atoms with van der Waals surface area (Å²) in [5, 5.41) is 7.01. The summed E-state index contributed by atoms with van der Waals surface area (Å²) in [6.45, 7) is 19.1. The third kappa shape index (κ3) is 10.4. The number of nitrogens with one attached hydrogen (secondary N) is 1. The maximum Gasteiger partial charge on any atom is 0.407 e. The molecule has 0 saturated carbocycles. The summed E-state index contributed by atoms with van der Waals surface area (Å²) in [4.78, 5) is 14.8. The van der Waals surface area contributed by atoms with Crippen LogP contribution >= 0.6 is 8.53 Å². The molecule has 0 heterocycles. The second-order valence-electron chi connectivity index (χ2n) is 5.68. The monoisotopic (exact) mass is 376 g/mol. The molecule has 0 aromatic carbocycles. The normalized spacial score (nSPS) is 14.1. The molecule has 0 aliphatic rings. The van der Waals surface area contributed by atoms with Gasteiger partial charge in [0.05, 0.1) is 6.61 Å². The number of carbonyl (C=O) groups is 1. The van der Waals surface area contributed by atoms with Gasteiger partial charge in [-0.15, -0.1) is 0 Å². The molecule has 2 atom stereocenters. The molecule has 0 bridgehead atoms. The van der Waals surface area contributed by atoms with Crippen molar-refractivity contribution in [1.82, 2.24) is 9.99 Å². The molecule has 8 nitrogen and oxygen atoms in total. The van der Waals surface area contributed by atoms with E-state index in [1.165, 1.54) is 6.08 Å². The third-order valence-corrected chi connectivity index (χ3v) is 5.07. The molecule has 2 N–H and O–H groups in total. The number of hydrogen-bond acceptors (Lipinski definition) is 6. The molecule has 0 aromatic rings. The van der Waals surface area contributed by atoms with Gasteiger partial charge in [0.1, 0.15) is 19.3 Å². The molecule has 0 aliphatic carbocycles. The van der Waals surface area contributed by atoms with Gasteiger partial charge in [-0.05, 0) is 27.7 Å². The van der Waals surface area contributed by atoms with E-state index in [4.69, 9.17) is 21.8 Å². The topological polar surface area (TPSA) is 84.6 Å². The molecule has 0 aromatic heterocycles. The predicted molar refractivity (Wildman–Crippen MR) is 98.0 cm³/mol. The van der Waals surface area contributed by atoms with Crippen LogP contribution in [0, 0.1) is 6.57 Å². The zero-order valence-corrected chi connectivity index (χ0v) is 16.3. The number of hydrogen-bond donors (Lipinski definition) is 2. The fourth-order valence-electron chi connectivity index (χ4n) is 1.93. The Labute approximate surface area is 153 Å². The molecule has 0 rings (SSSR count). The minimum absolute atomic E-state index is 0.0449. The first-order chi connectivity index (χ1) is 12.4. The Hall–Kier alpha value is -1.23. The Kier molecular flexibility index (Phi) is 12.2. The molecule has 1 amide bonds. The minimum atomic E-state index is -1.49. The van der Waals surface area contributed by atoms with Crippen molar-refractivity contribution in [1.29, 1.82) is 1.43 Å². The van der Waals surface area contributed by atoms with Crippen molar-refractivity contribution in [2.24, 2.45) is 0 Å². The average molecular weight is 376 g/mol. The largest absolute Gasteiger partial charge is 0.445 e. The van der Waals surface area contributed by atoms with Crippen LogP contribution in [-0.2, 0) is 13.8 Å². The van der Waals surface area contributed by atoms with E-state index in [1.54, 1.807) is 0 Å². The van der Waals surface area contributed by atoms with Gasteiger partial charge in [0.15, 0.2) is 0 Å². The van der Waals surface area contributed by atoms with Crippen LogP contribution in [0.3, 0.4) is 0 Å². The van der Waals surface area contributed by atoms with Crippen LogP contribution in [-0.4, -0.2) is 68.4 Å². The lowest BCUT2D eigenvalue weighted by Crippen LogP contribution is -2.39. The number of nitrogens with zero attached hydrogens (tertiary/aromatic N) is 2. The van der Waals surface area contributed by atoms with Gasteiger partial charge in [0.25, 0.3) is 8.53 Å². The van der Waals surface area contributed by atoms with Crippen LogP contribution in [0.15, 0.2) is 12.7 Å². The lowest BCUT2D eigenvalue weighted by atomic mass is 10.3. The van der Waals surface area contributed by atoms with E-state index in [-0.39, 0.29) is 45.0 Å². The number of rotatable bonds is 14. The molecular formula is C16H30N3O5P. The fourth-order valence-corrected chi connectivity index (χ4v) is 3.61. The number of amides is 1. The summed E-state index contributed by atoms with van der Waals surface area (Å²) in [5.41, 5.74) is 0. The zero-order valence-electron chi connectivity index (χ0n) is 16.4. The number of aliphatic hydroxyl groups is 1. The Morgan fingerprint density at radius 1 is 1.48 bits per heavy atom. The summed E-state index contributed by atoms with van der Waals surface area (Å²) in [6, 6.07) is 0.300. The van der Waals surface area contributed by atoms with Gasteiger partial charge >= 0.3 is 6.09 Å². The highest BCUT2D eigenvalue weighted by atomic mass is 31.2. The van der Waals surface area contributed by atoms with E-state index in [9.17, 15) is 4.79 Å². The lowest BCUT2D eigenvalue weighted by Gasteiger charge is -2.36. The van der Waals surface area contributed by atoms with Gasteiger partial charge in [-0.2, -0.15) is 0 Å². The van der Waals surface area contributed by atoms with Crippen molar-refractivity contribution < 1.29 is 23.7 Å². The van der Waals surface area contributed by atoms with Gasteiger partial charge in [-0.25, -0.2) is 16.0 Å². The molecule has 0 fully saturated rings. The van der Waals surface area contributed by atoms with Crippen molar-refractivity contribution >= 4 is 14.6 Å². The van der Waals surface area contributed by atoms with Crippen molar-refractivity contribution in [2.45, 2.75) is 45.9 Å². The average Bonchev–Trinajstić information content (AvgIpc) is 2.57. The van der Waals surface area contributed by atoms with E-state index in [1.807, 2.05) is 27.7 Å². The number of carbonyl (C=O) groups excluding carboxylic acids is 1. The molecule has 0 aliphatic heterocycles. The van der Waals surface area contributed by atoms with Gasteiger partial charge in [0, 0.05) is 18.6 Å². The Bertz CT molecular complexity index is 440. The Morgan fingerprint density at radius 2 is 2.16 bits per heavy atom.